The van der Waals surface area contributed by atoms with E-state index in [4.69, 9.17) is 4.74 Å². The number of aromatic nitrogens is 1. The van der Waals surface area contributed by atoms with Crippen molar-refractivity contribution in [3.63, 3.8) is 0 Å². The monoisotopic (exact) mass is 467 g/mol. The second-order valence-electron chi connectivity index (χ2n) is 9.02. The van der Waals surface area contributed by atoms with Crippen LogP contribution in [0.1, 0.15) is 53.9 Å². The summed E-state index contributed by atoms with van der Waals surface area (Å²) in [5, 5.41) is 1.10. The van der Waals surface area contributed by atoms with Crippen LogP contribution in [0.15, 0.2) is 42.5 Å². The Bertz CT molecular complexity index is 1310. The van der Waals surface area contributed by atoms with E-state index in [1.165, 1.54) is 44.6 Å². The standard InChI is InChI=1S/C25H29N3O4S/c1-27(2)33(30,31)26-25(29)20-14-13-19-21(17-9-5-3-6-10-17)22(18-11-7-4-8-12-18)28-15-16-32-24(20)23(19)28/h4,7-8,11-14,17H,3,5-6,9-10,15-16H2,1-2H3,(H,26,29). The number of carbonyl (C=O) groups excluding carboxylic acids is 1. The average Bonchev–Trinajstić information content (AvgIpc) is 3.16. The number of amides is 1. The fraction of sp³-hybridized carbons (Fsp3) is 0.400. The number of benzene rings is 2. The highest BCUT2D eigenvalue weighted by atomic mass is 32.2. The lowest BCUT2D eigenvalue weighted by Gasteiger charge is -2.24. The Morgan fingerprint density at radius 3 is 2.48 bits per heavy atom. The molecule has 1 fully saturated rings. The van der Waals surface area contributed by atoms with E-state index in [1.54, 1.807) is 6.07 Å². The molecule has 33 heavy (non-hydrogen) atoms. The van der Waals surface area contributed by atoms with E-state index < -0.39 is 16.1 Å². The Balaban J connectivity index is 1.73. The largest absolute Gasteiger partial charge is 0.489 e. The van der Waals surface area contributed by atoms with Crippen molar-refractivity contribution in [1.82, 2.24) is 13.6 Å². The van der Waals surface area contributed by atoms with Gasteiger partial charge < -0.3 is 9.30 Å². The fourth-order valence-corrected chi connectivity index (χ4v) is 5.73. The molecule has 1 aliphatic heterocycles. The summed E-state index contributed by atoms with van der Waals surface area (Å²) in [4.78, 5) is 13.0. The fourth-order valence-electron chi connectivity index (χ4n) is 5.20. The molecule has 5 rings (SSSR count). The molecular weight excluding hydrogens is 438 g/mol. The first-order chi connectivity index (χ1) is 15.9. The predicted octanol–water partition coefficient (Wildman–Crippen LogP) is 4.28. The lowest BCUT2D eigenvalue weighted by atomic mass is 9.81. The predicted molar refractivity (Wildman–Crippen MR) is 129 cm³/mol. The van der Waals surface area contributed by atoms with Gasteiger partial charge in [0.1, 0.15) is 6.61 Å². The molecule has 1 saturated carbocycles. The molecule has 2 aliphatic rings. The van der Waals surface area contributed by atoms with Gasteiger partial charge in [0.25, 0.3) is 5.91 Å². The number of ether oxygens (including phenoxy) is 1. The van der Waals surface area contributed by atoms with Crippen LogP contribution in [0.25, 0.3) is 22.2 Å². The van der Waals surface area contributed by atoms with Crippen LogP contribution < -0.4 is 9.46 Å². The molecule has 2 aromatic carbocycles. The van der Waals surface area contributed by atoms with Crippen molar-refractivity contribution in [2.24, 2.45) is 0 Å². The number of hydrogen-bond acceptors (Lipinski definition) is 4. The number of rotatable bonds is 5. The zero-order chi connectivity index (χ0) is 23.2. The van der Waals surface area contributed by atoms with Gasteiger partial charge >= 0.3 is 10.2 Å². The Kier molecular flexibility index (Phi) is 5.66. The first-order valence-electron chi connectivity index (χ1n) is 11.5. The van der Waals surface area contributed by atoms with E-state index in [2.05, 4.69) is 33.6 Å². The van der Waals surface area contributed by atoms with Crippen molar-refractivity contribution >= 4 is 27.0 Å². The van der Waals surface area contributed by atoms with Crippen LogP contribution in [0.2, 0.25) is 0 Å². The van der Waals surface area contributed by atoms with E-state index >= 15 is 0 Å². The lowest BCUT2D eigenvalue weighted by molar-refractivity contribution is 0.0975. The third-order valence-electron chi connectivity index (χ3n) is 6.79. The molecule has 1 N–H and O–H groups in total. The molecule has 0 atom stereocenters. The van der Waals surface area contributed by atoms with Crippen LogP contribution >= 0.6 is 0 Å². The number of hydrogen-bond donors (Lipinski definition) is 1. The molecule has 0 spiro atoms. The van der Waals surface area contributed by atoms with Gasteiger partial charge in [-0.1, -0.05) is 55.7 Å². The molecule has 1 aromatic heterocycles. The first kappa shape index (κ1) is 22.0. The van der Waals surface area contributed by atoms with Gasteiger partial charge in [0, 0.05) is 19.5 Å². The molecule has 1 aliphatic carbocycles. The van der Waals surface area contributed by atoms with Crippen molar-refractivity contribution < 1.29 is 17.9 Å². The quantitative estimate of drug-likeness (QED) is 0.607. The van der Waals surface area contributed by atoms with Crippen molar-refractivity contribution in [3.05, 3.63) is 53.6 Å². The summed E-state index contributed by atoms with van der Waals surface area (Å²) in [7, 11) is -1.14. The van der Waals surface area contributed by atoms with Crippen LogP contribution in [0.3, 0.4) is 0 Å². The lowest BCUT2D eigenvalue weighted by Crippen LogP contribution is -2.39. The maximum absolute atomic E-state index is 13.0. The SMILES string of the molecule is CN(C)S(=O)(=O)NC(=O)c1ccc2c(C3CCCCC3)c(-c3ccccc3)n3c2c1OCC3. The summed E-state index contributed by atoms with van der Waals surface area (Å²) < 4.78 is 35.9. The zero-order valence-electron chi connectivity index (χ0n) is 19.0. The van der Waals surface area contributed by atoms with Gasteiger partial charge in [0.05, 0.1) is 23.3 Å². The molecular formula is C25H29N3O4S. The van der Waals surface area contributed by atoms with Crippen LogP contribution in [0, 0.1) is 0 Å². The molecule has 0 bridgehead atoms. The molecule has 1 amide bonds. The molecule has 8 heteroatoms. The molecule has 0 radical (unpaired) electrons. The van der Waals surface area contributed by atoms with Crippen molar-refractivity contribution in [1.29, 1.82) is 0 Å². The van der Waals surface area contributed by atoms with E-state index in [-0.39, 0.29) is 5.56 Å². The van der Waals surface area contributed by atoms with Gasteiger partial charge in [-0.25, -0.2) is 4.72 Å². The van der Waals surface area contributed by atoms with Crippen molar-refractivity contribution in [3.8, 4) is 17.0 Å². The Labute approximate surface area is 194 Å². The second-order valence-corrected chi connectivity index (χ2v) is 10.9. The third-order valence-corrected chi connectivity index (χ3v) is 8.19. The van der Waals surface area contributed by atoms with Gasteiger partial charge in [-0.05, 0) is 36.0 Å². The zero-order valence-corrected chi connectivity index (χ0v) is 19.8. The highest BCUT2D eigenvalue weighted by Gasteiger charge is 2.32. The van der Waals surface area contributed by atoms with Gasteiger partial charge in [-0.2, -0.15) is 12.7 Å². The Morgan fingerprint density at radius 2 is 1.79 bits per heavy atom. The number of nitrogens with one attached hydrogen (secondary N) is 1. The molecule has 2 heterocycles. The molecule has 3 aromatic rings. The molecule has 7 nitrogen and oxygen atoms in total. The summed E-state index contributed by atoms with van der Waals surface area (Å²) in [5.74, 6) is 0.234. The average molecular weight is 468 g/mol. The van der Waals surface area contributed by atoms with E-state index in [0.29, 0.717) is 24.8 Å². The van der Waals surface area contributed by atoms with Crippen molar-refractivity contribution in [2.45, 2.75) is 44.6 Å². The Hall–Kier alpha value is -2.84. The normalized spacial score (nSPS) is 16.7. The minimum absolute atomic E-state index is 0.237. The molecule has 174 valence electrons. The maximum atomic E-state index is 13.0. The smallest absolute Gasteiger partial charge is 0.303 e. The number of nitrogens with zero attached hydrogens (tertiary/aromatic N) is 2. The summed E-state index contributed by atoms with van der Waals surface area (Å²) >= 11 is 0. The summed E-state index contributed by atoms with van der Waals surface area (Å²) in [6.07, 6.45) is 6.02. The summed E-state index contributed by atoms with van der Waals surface area (Å²) in [6, 6.07) is 14.1. The van der Waals surface area contributed by atoms with Crippen LogP contribution in [0.4, 0.5) is 0 Å². The first-order valence-corrected chi connectivity index (χ1v) is 12.9. The van der Waals surface area contributed by atoms with Crippen molar-refractivity contribution in [2.75, 3.05) is 20.7 Å². The summed E-state index contributed by atoms with van der Waals surface area (Å²) in [6.45, 7) is 1.10. The van der Waals surface area contributed by atoms with Gasteiger partial charge in [0.2, 0.25) is 0 Å². The Morgan fingerprint density at radius 1 is 1.06 bits per heavy atom. The maximum Gasteiger partial charge on any atom is 0.303 e. The van der Waals surface area contributed by atoms with Gasteiger partial charge in [-0.3, -0.25) is 4.79 Å². The summed E-state index contributed by atoms with van der Waals surface area (Å²) in [5.41, 5.74) is 4.80. The minimum Gasteiger partial charge on any atom is -0.489 e. The second kappa shape index (κ2) is 8.50. The topological polar surface area (TPSA) is 80.6 Å². The van der Waals surface area contributed by atoms with Crippen LogP contribution in [0.5, 0.6) is 5.75 Å². The van der Waals surface area contributed by atoms with Gasteiger partial charge in [-0.15, -0.1) is 0 Å². The molecule has 0 unspecified atom stereocenters. The number of carbonyl (C=O) groups is 1. The third kappa shape index (κ3) is 3.81. The van der Waals surface area contributed by atoms with Crippen LogP contribution in [-0.2, 0) is 16.8 Å². The van der Waals surface area contributed by atoms with E-state index in [1.807, 2.05) is 12.1 Å². The highest BCUT2D eigenvalue weighted by molar-refractivity contribution is 7.87. The van der Waals surface area contributed by atoms with E-state index in [9.17, 15) is 13.2 Å². The van der Waals surface area contributed by atoms with Crippen LogP contribution in [-0.4, -0.2) is 43.9 Å². The minimum atomic E-state index is -3.91. The molecule has 0 saturated heterocycles. The van der Waals surface area contributed by atoms with Gasteiger partial charge in [0.15, 0.2) is 5.75 Å². The van der Waals surface area contributed by atoms with E-state index in [0.717, 1.165) is 33.6 Å². The highest BCUT2D eigenvalue weighted by Crippen LogP contribution is 2.47.